The van der Waals surface area contributed by atoms with Crippen LogP contribution < -0.4 is 10.5 Å². The Kier molecular flexibility index (Phi) is 3.49. The lowest BCUT2D eigenvalue weighted by Crippen LogP contribution is -2.47. The number of aliphatic carboxylic acids is 1. The molecule has 1 unspecified atom stereocenters. The smallest absolute Gasteiger partial charge is 0.321 e. The van der Waals surface area contributed by atoms with Gasteiger partial charge < -0.3 is 15.6 Å². The fourth-order valence-corrected chi connectivity index (χ4v) is 1.50. The summed E-state index contributed by atoms with van der Waals surface area (Å²) in [6.45, 7) is 3.47. The van der Waals surface area contributed by atoms with Gasteiger partial charge in [0.1, 0.15) is 11.8 Å². The predicted molar refractivity (Wildman–Crippen MR) is 59.4 cm³/mol. The number of carboxylic acid groups (broad SMARTS) is 1. The van der Waals surface area contributed by atoms with Crippen molar-refractivity contribution < 1.29 is 14.6 Å². The van der Waals surface area contributed by atoms with E-state index in [1.54, 1.807) is 32.2 Å². The van der Waals surface area contributed by atoms with Crippen LogP contribution in [-0.2, 0) is 10.2 Å². The highest BCUT2D eigenvalue weighted by atomic mass is 16.5. The second-order valence-corrected chi connectivity index (χ2v) is 4.09. The number of rotatable bonds is 4. The summed E-state index contributed by atoms with van der Waals surface area (Å²) < 4.78 is 5.15. The minimum Gasteiger partial charge on any atom is -0.495 e. The van der Waals surface area contributed by atoms with Crippen molar-refractivity contribution in [2.45, 2.75) is 25.3 Å². The van der Waals surface area contributed by atoms with E-state index in [1.807, 2.05) is 0 Å². The molecule has 1 aromatic rings. The van der Waals surface area contributed by atoms with Gasteiger partial charge in [0.15, 0.2) is 0 Å². The van der Waals surface area contributed by atoms with Crippen LogP contribution in [0.4, 0.5) is 0 Å². The third kappa shape index (κ3) is 2.14. The van der Waals surface area contributed by atoms with Crippen molar-refractivity contribution in [1.29, 1.82) is 0 Å². The second-order valence-electron chi connectivity index (χ2n) is 4.09. The maximum Gasteiger partial charge on any atom is 0.321 e. The van der Waals surface area contributed by atoms with E-state index < -0.39 is 17.4 Å². The van der Waals surface area contributed by atoms with Crippen molar-refractivity contribution in [3.8, 4) is 5.75 Å². The summed E-state index contributed by atoms with van der Waals surface area (Å²) >= 11 is 0. The van der Waals surface area contributed by atoms with E-state index in [9.17, 15) is 4.79 Å². The average molecular weight is 224 g/mol. The van der Waals surface area contributed by atoms with Gasteiger partial charge in [-0.15, -0.1) is 0 Å². The average Bonchev–Trinajstić information content (AvgIpc) is 2.27. The molecule has 5 heteroatoms. The van der Waals surface area contributed by atoms with Gasteiger partial charge in [0.05, 0.1) is 12.8 Å². The maximum atomic E-state index is 10.9. The Morgan fingerprint density at radius 2 is 2.25 bits per heavy atom. The molecule has 0 fully saturated rings. The van der Waals surface area contributed by atoms with Crippen molar-refractivity contribution in [1.82, 2.24) is 4.98 Å². The van der Waals surface area contributed by atoms with Gasteiger partial charge >= 0.3 is 5.97 Å². The quantitative estimate of drug-likeness (QED) is 0.789. The predicted octanol–water partition coefficient (Wildman–Crippen LogP) is 0.780. The lowest BCUT2D eigenvalue weighted by Gasteiger charge is -2.29. The molecule has 0 aliphatic rings. The lowest BCUT2D eigenvalue weighted by molar-refractivity contribution is -0.140. The first-order valence-electron chi connectivity index (χ1n) is 4.89. The van der Waals surface area contributed by atoms with E-state index in [2.05, 4.69) is 4.98 Å². The number of carbonyl (C=O) groups is 1. The largest absolute Gasteiger partial charge is 0.495 e. The molecule has 0 saturated carbocycles. The second kappa shape index (κ2) is 4.49. The van der Waals surface area contributed by atoms with E-state index in [-0.39, 0.29) is 0 Å². The molecule has 0 aromatic carbocycles. The van der Waals surface area contributed by atoms with Crippen LogP contribution in [0.3, 0.4) is 0 Å². The van der Waals surface area contributed by atoms with Crippen molar-refractivity contribution in [2.75, 3.05) is 7.11 Å². The third-order valence-electron chi connectivity index (χ3n) is 2.64. The third-order valence-corrected chi connectivity index (χ3v) is 2.64. The van der Waals surface area contributed by atoms with Crippen LogP contribution in [-0.4, -0.2) is 29.2 Å². The molecule has 1 rings (SSSR count). The summed E-state index contributed by atoms with van der Waals surface area (Å²) in [5, 5.41) is 8.95. The Morgan fingerprint density at radius 3 is 2.75 bits per heavy atom. The van der Waals surface area contributed by atoms with Crippen LogP contribution in [0.1, 0.15) is 19.5 Å². The molecule has 5 nitrogen and oxygen atoms in total. The lowest BCUT2D eigenvalue weighted by atomic mass is 9.81. The molecule has 1 atom stereocenters. The molecular formula is C11H16N2O3. The van der Waals surface area contributed by atoms with Crippen LogP contribution in [0.25, 0.3) is 0 Å². The Morgan fingerprint density at radius 1 is 1.62 bits per heavy atom. The van der Waals surface area contributed by atoms with Gasteiger partial charge in [0, 0.05) is 11.6 Å². The van der Waals surface area contributed by atoms with Gasteiger partial charge in [-0.2, -0.15) is 0 Å². The summed E-state index contributed by atoms with van der Waals surface area (Å²) in [4.78, 5) is 15.1. The van der Waals surface area contributed by atoms with Crippen LogP contribution in [0.5, 0.6) is 5.75 Å². The molecule has 0 spiro atoms. The first kappa shape index (κ1) is 12.4. The minimum absolute atomic E-state index is 0.546. The molecule has 88 valence electrons. The Hall–Kier alpha value is -1.62. The number of nitrogens with two attached hydrogens (primary N) is 1. The maximum absolute atomic E-state index is 10.9. The zero-order valence-electron chi connectivity index (χ0n) is 9.60. The van der Waals surface area contributed by atoms with Crippen LogP contribution in [0.15, 0.2) is 18.3 Å². The molecule has 16 heavy (non-hydrogen) atoms. The molecule has 1 aromatic heterocycles. The van der Waals surface area contributed by atoms with Crippen molar-refractivity contribution >= 4 is 5.97 Å². The normalized spacial score (nSPS) is 13.2. The molecule has 3 N–H and O–H groups in total. The van der Waals surface area contributed by atoms with E-state index in [0.717, 1.165) is 0 Å². The van der Waals surface area contributed by atoms with Crippen LogP contribution >= 0.6 is 0 Å². The van der Waals surface area contributed by atoms with Crippen LogP contribution in [0.2, 0.25) is 0 Å². The molecule has 0 aliphatic carbocycles. The monoisotopic (exact) mass is 224 g/mol. The first-order valence-corrected chi connectivity index (χ1v) is 4.89. The van der Waals surface area contributed by atoms with E-state index in [1.165, 1.54) is 7.11 Å². The number of nitrogens with zero attached hydrogens (tertiary/aromatic N) is 1. The molecule has 0 amide bonds. The zero-order chi connectivity index (χ0) is 12.3. The fourth-order valence-electron chi connectivity index (χ4n) is 1.50. The summed E-state index contributed by atoms with van der Waals surface area (Å²) in [6, 6.07) is 2.43. The summed E-state index contributed by atoms with van der Waals surface area (Å²) in [5.74, 6) is -0.512. The minimum atomic E-state index is -1.06. The highest BCUT2D eigenvalue weighted by Crippen LogP contribution is 2.31. The number of hydrogen-bond donors (Lipinski definition) is 2. The Balaban J connectivity index is 3.20. The number of ether oxygens (including phenoxy) is 1. The highest BCUT2D eigenvalue weighted by molar-refractivity contribution is 5.75. The molecule has 0 bridgehead atoms. The zero-order valence-corrected chi connectivity index (χ0v) is 9.60. The highest BCUT2D eigenvalue weighted by Gasteiger charge is 2.37. The Bertz CT molecular complexity index is 391. The van der Waals surface area contributed by atoms with Gasteiger partial charge in [-0.25, -0.2) is 0 Å². The molecule has 1 heterocycles. The van der Waals surface area contributed by atoms with E-state index >= 15 is 0 Å². The topological polar surface area (TPSA) is 85.4 Å². The van der Waals surface area contributed by atoms with Crippen molar-refractivity contribution in [3.63, 3.8) is 0 Å². The van der Waals surface area contributed by atoms with Gasteiger partial charge in [-0.3, -0.25) is 9.78 Å². The van der Waals surface area contributed by atoms with Gasteiger partial charge in [0.25, 0.3) is 0 Å². The number of hydrogen-bond acceptors (Lipinski definition) is 4. The van der Waals surface area contributed by atoms with Gasteiger partial charge in [-0.1, -0.05) is 13.8 Å². The molecule has 0 saturated heterocycles. The van der Waals surface area contributed by atoms with Gasteiger partial charge in [-0.05, 0) is 12.1 Å². The molecule has 0 aliphatic heterocycles. The Labute approximate surface area is 94.2 Å². The number of carboxylic acids is 1. The summed E-state index contributed by atoms with van der Waals surface area (Å²) in [6.07, 6.45) is 1.59. The van der Waals surface area contributed by atoms with Crippen LogP contribution in [0, 0.1) is 0 Å². The van der Waals surface area contributed by atoms with E-state index in [0.29, 0.717) is 11.4 Å². The standard InChI is InChI=1S/C11H16N2O3/c1-11(2,8(12)10(14)15)9-7(16-3)5-4-6-13-9/h4-6,8H,12H2,1-3H3,(H,14,15). The van der Waals surface area contributed by atoms with E-state index in [4.69, 9.17) is 15.6 Å². The summed E-state index contributed by atoms with van der Waals surface area (Å²) in [5.41, 5.74) is 5.41. The number of methoxy groups -OCH3 is 1. The number of aromatic nitrogens is 1. The van der Waals surface area contributed by atoms with Crippen molar-refractivity contribution in [2.24, 2.45) is 5.73 Å². The van der Waals surface area contributed by atoms with Crippen molar-refractivity contribution in [3.05, 3.63) is 24.0 Å². The first-order chi connectivity index (χ1) is 7.41. The number of pyridine rings is 1. The fraction of sp³-hybridized carbons (Fsp3) is 0.455. The van der Waals surface area contributed by atoms with Gasteiger partial charge in [0.2, 0.25) is 0 Å². The molecular weight excluding hydrogens is 208 g/mol. The summed E-state index contributed by atoms with van der Waals surface area (Å²) in [7, 11) is 1.52. The SMILES string of the molecule is COc1cccnc1C(C)(C)C(N)C(=O)O. The molecule has 0 radical (unpaired) electrons.